The van der Waals surface area contributed by atoms with Gasteiger partial charge in [0.05, 0.1) is 4.92 Å². The molecule has 0 heterocycles. The van der Waals surface area contributed by atoms with Crippen molar-refractivity contribution in [2.24, 2.45) is 23.7 Å². The van der Waals surface area contributed by atoms with Crippen LogP contribution >= 0.6 is 0 Å². The molecular weight excluding hydrogens is 598 g/mol. The molecule has 3 aromatic carbocycles. The third-order valence-corrected chi connectivity index (χ3v) is 9.76. The van der Waals surface area contributed by atoms with E-state index in [1.807, 2.05) is 42.5 Å². The molecule has 0 aliphatic heterocycles. The van der Waals surface area contributed by atoms with Crippen molar-refractivity contribution in [1.82, 2.24) is 0 Å². The molecule has 0 amide bonds. The summed E-state index contributed by atoms with van der Waals surface area (Å²) >= 11 is 0. The van der Waals surface area contributed by atoms with Crippen LogP contribution in [0.2, 0.25) is 0 Å². The molecule has 0 spiro atoms. The van der Waals surface area contributed by atoms with Crippen LogP contribution in [0.15, 0.2) is 72.8 Å². The Morgan fingerprint density at radius 1 is 0.957 bits per heavy atom. The van der Waals surface area contributed by atoms with Gasteiger partial charge in [-0.2, -0.15) is 0 Å². The van der Waals surface area contributed by atoms with Crippen molar-refractivity contribution >= 4 is 17.8 Å². The van der Waals surface area contributed by atoms with E-state index in [4.69, 9.17) is 18.9 Å². The van der Waals surface area contributed by atoms with E-state index >= 15 is 0 Å². The van der Waals surface area contributed by atoms with E-state index in [2.05, 4.69) is 19.9 Å². The van der Waals surface area contributed by atoms with Gasteiger partial charge in [0.1, 0.15) is 24.2 Å². The maximum Gasteiger partial charge on any atom is 0.514 e. The zero-order chi connectivity index (χ0) is 33.2. The van der Waals surface area contributed by atoms with Crippen LogP contribution in [0.5, 0.6) is 11.5 Å². The first kappa shape index (κ1) is 33.9. The molecule has 250 valence electrons. The number of esters is 1. The van der Waals surface area contributed by atoms with Crippen molar-refractivity contribution in [2.45, 2.75) is 84.3 Å². The summed E-state index contributed by atoms with van der Waals surface area (Å²) in [7, 11) is 0. The zero-order valence-corrected chi connectivity index (χ0v) is 27.3. The average Bonchev–Trinajstić information content (AvgIpc) is 3.38. The minimum absolute atomic E-state index is 0.0690. The quantitative estimate of drug-likeness (QED) is 0.0531. The van der Waals surface area contributed by atoms with Crippen molar-refractivity contribution in [3.05, 3.63) is 99.6 Å². The molecule has 3 aromatic rings. The molecule has 1 fully saturated rings. The number of rotatable bonds is 15. The molecule has 0 radical (unpaired) electrons. The highest BCUT2D eigenvalue weighted by Gasteiger charge is 2.44. The molecule has 5 rings (SSSR count). The Labute approximate surface area is 276 Å². The molecule has 5 atom stereocenters. The molecule has 0 unspecified atom stereocenters. The number of hydrogen-bond donors (Lipinski definition) is 0. The minimum Gasteiger partial charge on any atom is -0.482 e. The molecule has 0 bridgehead atoms. The second-order valence-electron chi connectivity index (χ2n) is 13.0. The van der Waals surface area contributed by atoms with Gasteiger partial charge >= 0.3 is 12.1 Å². The van der Waals surface area contributed by atoms with Crippen molar-refractivity contribution in [3.63, 3.8) is 0 Å². The molecule has 47 heavy (non-hydrogen) atoms. The van der Waals surface area contributed by atoms with Gasteiger partial charge in [-0.3, -0.25) is 10.1 Å². The van der Waals surface area contributed by atoms with Crippen molar-refractivity contribution in [2.75, 3.05) is 6.61 Å². The lowest BCUT2D eigenvalue weighted by molar-refractivity contribution is -0.384. The first-order valence-corrected chi connectivity index (χ1v) is 16.9. The number of carbonyl (C=O) groups excluding carboxylic acids is 2. The van der Waals surface area contributed by atoms with Gasteiger partial charge in [0.15, 0.2) is 6.61 Å². The Bertz CT molecular complexity index is 1490. The SMILES string of the molecule is CCCCC[C@@H](CC[C@@H]1[C@H]2Cc3cccc(OCC(=O)OCc4ccccc4)c3C[C@H]2C[C@H]1C)OC(=O)Oc1ccc([N+](=O)[O-])cc1. The van der Waals surface area contributed by atoms with Crippen LogP contribution in [0, 0.1) is 33.8 Å². The summed E-state index contributed by atoms with van der Waals surface area (Å²) in [6.07, 6.45) is 7.59. The number of nitrogens with zero attached hydrogens (tertiary/aromatic N) is 1. The number of nitro benzene ring substituents is 1. The summed E-state index contributed by atoms with van der Waals surface area (Å²) < 4.78 is 22.6. The lowest BCUT2D eigenvalue weighted by Crippen LogP contribution is -2.28. The van der Waals surface area contributed by atoms with Crippen LogP contribution in [0.25, 0.3) is 0 Å². The molecule has 2 aliphatic rings. The Balaban J connectivity index is 1.16. The Kier molecular flexibility index (Phi) is 11.9. The van der Waals surface area contributed by atoms with Crippen molar-refractivity contribution in [3.8, 4) is 11.5 Å². The molecule has 0 aromatic heterocycles. The number of benzene rings is 3. The standard InChI is InChI=1S/C38H45NO8/c1-3-4-6-13-31(46-38(41)47-32-17-15-30(16-18-32)39(42)43)19-20-33-26(2)21-29-23-35-28(22-34(29)33)12-9-14-36(35)44-25-37(40)45-24-27-10-7-5-8-11-27/h5,7-12,14-18,26,29,31,33-34H,3-4,6,13,19-25H2,1-2H3/t26-,29-,31+,33+,34+/m1/s1. The third kappa shape index (κ3) is 9.33. The summed E-state index contributed by atoms with van der Waals surface area (Å²) in [4.78, 5) is 35.6. The first-order chi connectivity index (χ1) is 22.8. The molecule has 2 aliphatic carbocycles. The Morgan fingerprint density at radius 3 is 2.49 bits per heavy atom. The normalized spacial score (nSPS) is 20.4. The molecule has 0 N–H and O–H groups in total. The van der Waals surface area contributed by atoms with Crippen LogP contribution in [0.1, 0.15) is 75.5 Å². The van der Waals surface area contributed by atoms with E-state index in [1.54, 1.807) is 0 Å². The maximum absolute atomic E-state index is 12.7. The minimum atomic E-state index is -0.777. The number of non-ortho nitro benzene ring substituents is 1. The predicted octanol–water partition coefficient (Wildman–Crippen LogP) is 8.65. The van der Waals surface area contributed by atoms with E-state index in [-0.39, 0.29) is 36.7 Å². The van der Waals surface area contributed by atoms with E-state index in [1.165, 1.54) is 35.4 Å². The van der Waals surface area contributed by atoms with Crippen LogP contribution in [0.4, 0.5) is 10.5 Å². The third-order valence-electron chi connectivity index (χ3n) is 9.76. The number of unbranched alkanes of at least 4 members (excludes halogenated alkanes) is 2. The summed E-state index contributed by atoms with van der Waals surface area (Å²) in [6, 6.07) is 21.2. The highest BCUT2D eigenvalue weighted by Crippen LogP contribution is 2.51. The first-order valence-electron chi connectivity index (χ1n) is 16.9. The van der Waals surface area contributed by atoms with Gasteiger partial charge in [-0.05, 0) is 104 Å². The summed E-state index contributed by atoms with van der Waals surface area (Å²) in [6.45, 7) is 4.59. The fourth-order valence-corrected chi connectivity index (χ4v) is 7.41. The lowest BCUT2D eigenvalue weighted by atomic mass is 9.73. The smallest absolute Gasteiger partial charge is 0.482 e. The van der Waals surface area contributed by atoms with E-state index in [0.717, 1.165) is 69.1 Å². The summed E-state index contributed by atoms with van der Waals surface area (Å²) in [5.74, 6) is 2.71. The monoisotopic (exact) mass is 643 g/mol. The number of fused-ring (bicyclic) bond motifs is 2. The topological polar surface area (TPSA) is 114 Å². The zero-order valence-electron chi connectivity index (χ0n) is 27.3. The van der Waals surface area contributed by atoms with Crippen molar-refractivity contribution in [1.29, 1.82) is 0 Å². The van der Waals surface area contributed by atoms with Crippen LogP contribution < -0.4 is 9.47 Å². The Morgan fingerprint density at radius 2 is 1.74 bits per heavy atom. The highest BCUT2D eigenvalue weighted by molar-refractivity contribution is 5.71. The van der Waals surface area contributed by atoms with Crippen molar-refractivity contribution < 1.29 is 33.5 Å². The fraction of sp³-hybridized carbons (Fsp3) is 0.474. The second-order valence-corrected chi connectivity index (χ2v) is 13.0. The number of carbonyl (C=O) groups is 2. The molecule has 1 saturated carbocycles. The van der Waals surface area contributed by atoms with Gasteiger partial charge in [-0.1, -0.05) is 69.2 Å². The average molecular weight is 644 g/mol. The van der Waals surface area contributed by atoms with E-state index < -0.39 is 11.1 Å². The highest BCUT2D eigenvalue weighted by atomic mass is 16.7. The van der Waals surface area contributed by atoms with Crippen LogP contribution in [-0.4, -0.2) is 29.8 Å². The van der Waals surface area contributed by atoms with Crippen LogP contribution in [-0.2, 0) is 33.7 Å². The van der Waals surface area contributed by atoms with Gasteiger partial charge in [-0.25, -0.2) is 9.59 Å². The van der Waals surface area contributed by atoms with Gasteiger partial charge in [0, 0.05) is 12.1 Å². The van der Waals surface area contributed by atoms with Crippen LogP contribution in [0.3, 0.4) is 0 Å². The van der Waals surface area contributed by atoms with E-state index in [0.29, 0.717) is 23.7 Å². The lowest BCUT2D eigenvalue weighted by Gasteiger charge is -2.33. The molecule has 9 heteroatoms. The summed E-state index contributed by atoms with van der Waals surface area (Å²) in [5.41, 5.74) is 3.35. The fourth-order valence-electron chi connectivity index (χ4n) is 7.41. The predicted molar refractivity (Wildman–Crippen MR) is 177 cm³/mol. The maximum atomic E-state index is 12.7. The Hall–Kier alpha value is -4.40. The summed E-state index contributed by atoms with van der Waals surface area (Å²) in [5, 5.41) is 10.9. The molecule has 9 nitrogen and oxygen atoms in total. The molecular formula is C38H45NO8. The largest absolute Gasteiger partial charge is 0.514 e. The molecule has 0 saturated heterocycles. The van der Waals surface area contributed by atoms with Gasteiger partial charge < -0.3 is 18.9 Å². The van der Waals surface area contributed by atoms with Gasteiger partial charge in [-0.15, -0.1) is 0 Å². The van der Waals surface area contributed by atoms with Gasteiger partial charge in [0.25, 0.3) is 5.69 Å². The number of hydrogen-bond acceptors (Lipinski definition) is 8. The number of ether oxygens (including phenoxy) is 4. The second kappa shape index (κ2) is 16.4. The van der Waals surface area contributed by atoms with Gasteiger partial charge in [0.2, 0.25) is 0 Å². The number of nitro groups is 1. The van der Waals surface area contributed by atoms with E-state index in [9.17, 15) is 19.7 Å².